The van der Waals surface area contributed by atoms with E-state index in [2.05, 4.69) is 70.1 Å². The van der Waals surface area contributed by atoms with E-state index in [0.29, 0.717) is 6.54 Å². The van der Waals surface area contributed by atoms with Gasteiger partial charge in [0.1, 0.15) is 12.2 Å². The summed E-state index contributed by atoms with van der Waals surface area (Å²) in [6.07, 6.45) is 6.40. The molecule has 1 aliphatic rings. The van der Waals surface area contributed by atoms with Crippen molar-refractivity contribution in [3.05, 3.63) is 47.5 Å². The fourth-order valence-corrected chi connectivity index (χ4v) is 3.60. The lowest BCUT2D eigenvalue weighted by Crippen LogP contribution is -2.41. The number of aliphatic imine (C=N–C) groups is 1. The Morgan fingerprint density at radius 3 is 2.97 bits per heavy atom. The molecule has 2 aromatic rings. The zero-order chi connectivity index (χ0) is 20.5. The van der Waals surface area contributed by atoms with Crippen molar-refractivity contribution in [2.75, 3.05) is 26.7 Å². The molecule has 0 bridgehead atoms. The first-order valence-corrected chi connectivity index (χ1v) is 10.7. The molecular weight excluding hydrogens is 364 g/mol. The lowest BCUT2D eigenvalue weighted by Gasteiger charge is -2.25. The zero-order valence-corrected chi connectivity index (χ0v) is 18.0. The van der Waals surface area contributed by atoms with Gasteiger partial charge in [0, 0.05) is 39.7 Å². The van der Waals surface area contributed by atoms with E-state index in [1.807, 2.05) is 0 Å². The Morgan fingerprint density at radius 2 is 2.21 bits per heavy atom. The maximum atomic E-state index is 5.87. The molecule has 1 fully saturated rings. The van der Waals surface area contributed by atoms with Crippen molar-refractivity contribution >= 4 is 5.96 Å². The van der Waals surface area contributed by atoms with E-state index in [9.17, 15) is 0 Å². The van der Waals surface area contributed by atoms with Crippen molar-refractivity contribution in [3.8, 4) is 0 Å². The second-order valence-electron chi connectivity index (χ2n) is 7.66. The predicted octanol–water partition coefficient (Wildman–Crippen LogP) is 2.80. The number of hydrogen-bond donors (Lipinski definition) is 1. The Labute approximate surface area is 174 Å². The van der Waals surface area contributed by atoms with Gasteiger partial charge in [-0.3, -0.25) is 4.99 Å². The van der Waals surface area contributed by atoms with Crippen LogP contribution in [0.25, 0.3) is 0 Å². The summed E-state index contributed by atoms with van der Waals surface area (Å²) in [5.74, 6) is 1.92. The van der Waals surface area contributed by atoms with Crippen molar-refractivity contribution in [1.82, 2.24) is 25.0 Å². The first-order valence-electron chi connectivity index (χ1n) is 10.7. The zero-order valence-electron chi connectivity index (χ0n) is 18.0. The molecule has 1 unspecified atom stereocenters. The van der Waals surface area contributed by atoms with Gasteiger partial charge in [-0.1, -0.05) is 31.2 Å². The number of aryl methyl sites for hydroxylation is 2. The molecular formula is C22H34N6O. The molecule has 0 aliphatic carbocycles. The number of guanidine groups is 1. The fraction of sp³-hybridized carbons (Fsp3) is 0.591. The highest BCUT2D eigenvalue weighted by atomic mass is 16.5. The van der Waals surface area contributed by atoms with Crippen LogP contribution in [0.5, 0.6) is 0 Å². The Bertz CT molecular complexity index is 781. The second-order valence-corrected chi connectivity index (χ2v) is 7.66. The lowest BCUT2D eigenvalue weighted by molar-refractivity contribution is 0.0223. The molecule has 1 atom stereocenters. The van der Waals surface area contributed by atoms with Crippen molar-refractivity contribution in [1.29, 1.82) is 0 Å². The van der Waals surface area contributed by atoms with Gasteiger partial charge in [-0.15, -0.1) is 10.2 Å². The van der Waals surface area contributed by atoms with Gasteiger partial charge in [0.15, 0.2) is 5.96 Å². The fourth-order valence-electron chi connectivity index (χ4n) is 3.60. The van der Waals surface area contributed by atoms with Gasteiger partial charge in [-0.25, -0.2) is 0 Å². The minimum Gasteiger partial charge on any atom is -0.376 e. The van der Waals surface area contributed by atoms with Gasteiger partial charge >= 0.3 is 0 Å². The molecule has 1 aromatic heterocycles. The van der Waals surface area contributed by atoms with E-state index in [4.69, 9.17) is 9.73 Å². The molecule has 1 aliphatic heterocycles. The molecule has 2 heterocycles. The van der Waals surface area contributed by atoms with Crippen LogP contribution in [0.15, 0.2) is 35.6 Å². The monoisotopic (exact) mass is 398 g/mol. The lowest BCUT2D eigenvalue weighted by atomic mass is 10.1. The SMILES string of the molecule is CCc1nncn1CCNC(=NCC1CCCCO1)N(C)Cc1ccccc1C. The van der Waals surface area contributed by atoms with Crippen LogP contribution < -0.4 is 5.32 Å². The summed E-state index contributed by atoms with van der Waals surface area (Å²) in [6.45, 7) is 8.21. The summed E-state index contributed by atoms with van der Waals surface area (Å²) >= 11 is 0. The van der Waals surface area contributed by atoms with Gasteiger partial charge in [0.05, 0.1) is 12.6 Å². The number of ether oxygens (including phenoxy) is 1. The van der Waals surface area contributed by atoms with Crippen molar-refractivity contribution in [2.45, 2.75) is 58.7 Å². The first kappa shape index (κ1) is 21.3. The van der Waals surface area contributed by atoms with E-state index >= 15 is 0 Å². The topological polar surface area (TPSA) is 67.6 Å². The van der Waals surface area contributed by atoms with E-state index in [0.717, 1.165) is 57.3 Å². The number of benzene rings is 1. The van der Waals surface area contributed by atoms with Crippen LogP contribution in [0, 0.1) is 6.92 Å². The van der Waals surface area contributed by atoms with Crippen LogP contribution in [0.1, 0.15) is 43.1 Å². The summed E-state index contributed by atoms with van der Waals surface area (Å²) in [6, 6.07) is 8.51. The highest BCUT2D eigenvalue weighted by molar-refractivity contribution is 5.79. The minimum absolute atomic E-state index is 0.233. The molecule has 1 saturated heterocycles. The molecule has 0 radical (unpaired) electrons. The summed E-state index contributed by atoms with van der Waals surface area (Å²) in [5, 5.41) is 11.7. The van der Waals surface area contributed by atoms with Crippen molar-refractivity contribution in [2.24, 2.45) is 4.99 Å². The third kappa shape index (κ3) is 6.29. The number of hydrogen-bond acceptors (Lipinski definition) is 4. The summed E-state index contributed by atoms with van der Waals surface area (Å²) < 4.78 is 7.96. The third-order valence-electron chi connectivity index (χ3n) is 5.40. The van der Waals surface area contributed by atoms with Crippen LogP contribution in [0.2, 0.25) is 0 Å². The minimum atomic E-state index is 0.233. The molecule has 1 aromatic carbocycles. The average Bonchev–Trinajstić information content (AvgIpc) is 3.20. The Balaban J connectivity index is 1.64. The molecule has 0 saturated carbocycles. The van der Waals surface area contributed by atoms with Gasteiger partial charge < -0.3 is 19.5 Å². The van der Waals surface area contributed by atoms with E-state index in [1.165, 1.54) is 17.5 Å². The molecule has 0 amide bonds. The second kappa shape index (κ2) is 11.0. The van der Waals surface area contributed by atoms with Crippen LogP contribution >= 0.6 is 0 Å². The third-order valence-corrected chi connectivity index (χ3v) is 5.40. The molecule has 7 heteroatoms. The van der Waals surface area contributed by atoms with Crippen LogP contribution in [0.3, 0.4) is 0 Å². The van der Waals surface area contributed by atoms with Crippen LogP contribution in [-0.2, 0) is 24.2 Å². The maximum absolute atomic E-state index is 5.87. The molecule has 7 nitrogen and oxygen atoms in total. The molecule has 29 heavy (non-hydrogen) atoms. The Kier molecular flexibility index (Phi) is 8.04. The molecule has 158 valence electrons. The maximum Gasteiger partial charge on any atom is 0.194 e. The Hall–Kier alpha value is -2.41. The summed E-state index contributed by atoms with van der Waals surface area (Å²) in [5.41, 5.74) is 2.61. The molecule has 3 rings (SSSR count). The number of nitrogens with one attached hydrogen (secondary N) is 1. The number of aromatic nitrogens is 3. The van der Waals surface area contributed by atoms with Crippen LogP contribution in [0.4, 0.5) is 0 Å². The van der Waals surface area contributed by atoms with Crippen molar-refractivity contribution < 1.29 is 4.74 Å². The van der Waals surface area contributed by atoms with Crippen LogP contribution in [-0.4, -0.2) is 58.5 Å². The smallest absolute Gasteiger partial charge is 0.194 e. The van der Waals surface area contributed by atoms with Crippen molar-refractivity contribution in [3.63, 3.8) is 0 Å². The standard InChI is InChI=1S/C22H34N6O/c1-4-21-26-25-17-28(21)13-12-23-22(24-15-20-11-7-8-14-29-20)27(3)16-19-10-6-5-9-18(19)2/h5-6,9-10,17,20H,4,7-8,11-16H2,1-3H3,(H,23,24). The highest BCUT2D eigenvalue weighted by Gasteiger charge is 2.15. The van der Waals surface area contributed by atoms with E-state index in [-0.39, 0.29) is 6.10 Å². The normalized spacial score (nSPS) is 17.3. The van der Waals surface area contributed by atoms with E-state index in [1.54, 1.807) is 6.33 Å². The largest absolute Gasteiger partial charge is 0.376 e. The molecule has 0 spiro atoms. The number of rotatable bonds is 8. The van der Waals surface area contributed by atoms with Gasteiger partial charge in [0.25, 0.3) is 0 Å². The predicted molar refractivity (Wildman–Crippen MR) is 116 cm³/mol. The quantitative estimate of drug-likeness (QED) is 0.547. The highest BCUT2D eigenvalue weighted by Crippen LogP contribution is 2.13. The molecule has 1 N–H and O–H groups in total. The first-order chi connectivity index (χ1) is 14.2. The van der Waals surface area contributed by atoms with Gasteiger partial charge in [0.2, 0.25) is 0 Å². The average molecular weight is 399 g/mol. The van der Waals surface area contributed by atoms with Gasteiger partial charge in [-0.2, -0.15) is 0 Å². The van der Waals surface area contributed by atoms with Gasteiger partial charge in [-0.05, 0) is 37.3 Å². The summed E-state index contributed by atoms with van der Waals surface area (Å²) in [4.78, 5) is 7.09. The Morgan fingerprint density at radius 1 is 1.34 bits per heavy atom. The number of nitrogens with zero attached hydrogens (tertiary/aromatic N) is 5. The van der Waals surface area contributed by atoms with E-state index < -0.39 is 0 Å². The summed E-state index contributed by atoms with van der Waals surface area (Å²) in [7, 11) is 2.09.